The quantitative estimate of drug-likeness (QED) is 0.300. The molecular weight excluding hydrogens is 458 g/mol. The van der Waals surface area contributed by atoms with Crippen molar-refractivity contribution in [3.05, 3.63) is 113 Å². The first-order chi connectivity index (χ1) is 18.0. The maximum atomic E-state index is 13.6. The normalized spacial score (nSPS) is 10.9. The molecule has 2 aromatic heterocycles. The average Bonchev–Trinajstić information content (AvgIpc) is 3.20. The number of para-hydroxylation sites is 1. The molecule has 182 valence electrons. The topological polar surface area (TPSA) is 83.6 Å². The maximum absolute atomic E-state index is 13.6. The number of benzene rings is 3. The molecule has 0 unspecified atom stereocenters. The Morgan fingerprint density at radius 3 is 2.38 bits per heavy atom. The Hall–Kier alpha value is -4.76. The van der Waals surface area contributed by atoms with E-state index in [1.54, 1.807) is 12.1 Å². The van der Waals surface area contributed by atoms with Crippen molar-refractivity contribution < 1.29 is 4.79 Å². The molecule has 0 spiro atoms. The number of amides is 1. The molecule has 0 fully saturated rings. The van der Waals surface area contributed by atoms with Crippen LogP contribution in [0.2, 0.25) is 0 Å². The van der Waals surface area contributed by atoms with Gasteiger partial charge in [0.05, 0.1) is 52.0 Å². The molecule has 0 saturated carbocycles. The number of aromatic nitrogens is 3. The predicted molar refractivity (Wildman–Crippen MR) is 146 cm³/mol. The monoisotopic (exact) mass is 485 g/mol. The van der Waals surface area contributed by atoms with E-state index in [-0.39, 0.29) is 5.91 Å². The van der Waals surface area contributed by atoms with Crippen molar-refractivity contribution >= 4 is 22.5 Å². The number of pyridine rings is 1. The van der Waals surface area contributed by atoms with Crippen LogP contribution in [0.4, 0.5) is 5.69 Å². The highest BCUT2D eigenvalue weighted by Crippen LogP contribution is 2.27. The highest BCUT2D eigenvalue weighted by molar-refractivity contribution is 6.13. The van der Waals surface area contributed by atoms with Gasteiger partial charge >= 0.3 is 0 Å². The molecule has 0 aliphatic heterocycles. The fourth-order valence-electron chi connectivity index (χ4n) is 4.49. The first kappa shape index (κ1) is 24.0. The van der Waals surface area contributed by atoms with Crippen LogP contribution in [0.3, 0.4) is 0 Å². The van der Waals surface area contributed by atoms with Gasteiger partial charge in [-0.05, 0) is 55.7 Å². The lowest BCUT2D eigenvalue weighted by Gasteiger charge is -2.12. The lowest BCUT2D eigenvalue weighted by Crippen LogP contribution is -2.14. The van der Waals surface area contributed by atoms with Gasteiger partial charge in [-0.1, -0.05) is 61.5 Å². The number of anilines is 1. The van der Waals surface area contributed by atoms with Crippen LogP contribution in [0.5, 0.6) is 0 Å². The highest BCUT2D eigenvalue weighted by atomic mass is 16.1. The van der Waals surface area contributed by atoms with Crippen LogP contribution in [0.1, 0.15) is 45.4 Å². The number of carbonyl (C=O) groups excluding carboxylic acids is 1. The Bertz CT molecular complexity index is 1640. The van der Waals surface area contributed by atoms with E-state index < -0.39 is 0 Å². The number of carbonyl (C=O) groups is 1. The van der Waals surface area contributed by atoms with Crippen LogP contribution in [0, 0.1) is 25.2 Å². The molecule has 1 N–H and O–H groups in total. The summed E-state index contributed by atoms with van der Waals surface area (Å²) < 4.78 is 1.87. The Labute approximate surface area is 216 Å². The molecule has 0 aliphatic rings. The van der Waals surface area contributed by atoms with Crippen LogP contribution >= 0.6 is 0 Å². The van der Waals surface area contributed by atoms with E-state index in [1.807, 2.05) is 61.0 Å². The van der Waals surface area contributed by atoms with Crippen LogP contribution in [-0.2, 0) is 13.0 Å². The third kappa shape index (κ3) is 4.85. The van der Waals surface area contributed by atoms with Crippen molar-refractivity contribution in [1.82, 2.24) is 14.8 Å². The van der Waals surface area contributed by atoms with Crippen LogP contribution in [-0.4, -0.2) is 20.7 Å². The van der Waals surface area contributed by atoms with E-state index in [0.717, 1.165) is 45.5 Å². The summed E-state index contributed by atoms with van der Waals surface area (Å²) in [7, 11) is 0. The first-order valence-electron chi connectivity index (χ1n) is 12.3. The maximum Gasteiger partial charge on any atom is 0.256 e. The highest BCUT2D eigenvalue weighted by Gasteiger charge is 2.19. The van der Waals surface area contributed by atoms with Gasteiger partial charge in [0.1, 0.15) is 0 Å². The standard InChI is InChI=1S/C31H27N5O/c1-4-22-13-15-25(16-14-22)29-17-27(26-7-5-6-8-28(26)33-29)31(37)34-30-20(2)35-36(21(30)3)19-24-11-9-23(18-32)10-12-24/h5-17H,4,19H2,1-3H3,(H,34,37). The number of nitrogens with zero attached hydrogens (tertiary/aromatic N) is 4. The van der Waals surface area contributed by atoms with Crippen LogP contribution < -0.4 is 5.32 Å². The second-order valence-electron chi connectivity index (χ2n) is 9.09. The summed E-state index contributed by atoms with van der Waals surface area (Å²) in [5, 5.41) is 17.6. The summed E-state index contributed by atoms with van der Waals surface area (Å²) in [6.45, 7) is 6.51. The predicted octanol–water partition coefficient (Wildman–Crippen LogP) is 6.45. The van der Waals surface area contributed by atoms with Crippen molar-refractivity contribution in [1.29, 1.82) is 5.26 Å². The molecular formula is C31H27N5O. The number of fused-ring (bicyclic) bond motifs is 1. The fraction of sp³-hybridized carbons (Fsp3) is 0.161. The fourth-order valence-corrected chi connectivity index (χ4v) is 4.49. The molecule has 0 bridgehead atoms. The minimum atomic E-state index is -0.200. The molecule has 1 amide bonds. The molecule has 3 aromatic carbocycles. The number of rotatable bonds is 6. The molecule has 6 heteroatoms. The zero-order valence-corrected chi connectivity index (χ0v) is 21.1. The second-order valence-corrected chi connectivity index (χ2v) is 9.09. The van der Waals surface area contributed by atoms with Crippen molar-refractivity contribution in [2.75, 3.05) is 5.32 Å². The van der Waals surface area contributed by atoms with E-state index in [4.69, 9.17) is 10.2 Å². The van der Waals surface area contributed by atoms with Gasteiger partial charge in [0.15, 0.2) is 0 Å². The van der Waals surface area contributed by atoms with Gasteiger partial charge in [0, 0.05) is 10.9 Å². The number of hydrogen-bond donors (Lipinski definition) is 1. The molecule has 0 radical (unpaired) electrons. The van der Waals surface area contributed by atoms with Crippen molar-refractivity contribution in [2.45, 2.75) is 33.7 Å². The Morgan fingerprint density at radius 2 is 1.68 bits per heavy atom. The van der Waals surface area contributed by atoms with Crippen LogP contribution in [0.15, 0.2) is 78.9 Å². The smallest absolute Gasteiger partial charge is 0.256 e. The molecule has 0 aliphatic carbocycles. The lowest BCUT2D eigenvalue weighted by molar-refractivity contribution is 0.102. The van der Waals surface area contributed by atoms with Gasteiger partial charge in [-0.25, -0.2) is 4.98 Å². The van der Waals surface area contributed by atoms with Crippen molar-refractivity contribution in [2.24, 2.45) is 0 Å². The van der Waals surface area contributed by atoms with E-state index in [0.29, 0.717) is 23.4 Å². The van der Waals surface area contributed by atoms with E-state index >= 15 is 0 Å². The van der Waals surface area contributed by atoms with Gasteiger partial charge in [0.2, 0.25) is 0 Å². The summed E-state index contributed by atoms with van der Waals surface area (Å²) in [4.78, 5) is 18.5. The molecule has 2 heterocycles. The Kier molecular flexibility index (Phi) is 6.53. The summed E-state index contributed by atoms with van der Waals surface area (Å²) in [6.07, 6.45) is 0.969. The van der Waals surface area contributed by atoms with Crippen LogP contribution in [0.25, 0.3) is 22.2 Å². The molecule has 0 saturated heterocycles. The molecule has 37 heavy (non-hydrogen) atoms. The number of nitrogens with one attached hydrogen (secondary N) is 1. The Balaban J connectivity index is 1.47. The minimum absolute atomic E-state index is 0.200. The van der Waals surface area contributed by atoms with Crippen molar-refractivity contribution in [3.63, 3.8) is 0 Å². The van der Waals surface area contributed by atoms with Gasteiger partial charge in [-0.3, -0.25) is 9.48 Å². The second kappa shape index (κ2) is 10.1. The van der Waals surface area contributed by atoms with Gasteiger partial charge in [0.25, 0.3) is 5.91 Å². The van der Waals surface area contributed by atoms with E-state index in [1.165, 1.54) is 5.56 Å². The summed E-state index contributed by atoms with van der Waals surface area (Å²) >= 11 is 0. The van der Waals surface area contributed by atoms with E-state index in [2.05, 4.69) is 47.7 Å². The third-order valence-corrected chi connectivity index (χ3v) is 6.65. The summed E-state index contributed by atoms with van der Waals surface area (Å²) in [5.41, 5.74) is 8.29. The summed E-state index contributed by atoms with van der Waals surface area (Å²) in [6, 6.07) is 27.5. The molecule has 5 rings (SSSR count). The zero-order valence-electron chi connectivity index (χ0n) is 21.1. The zero-order chi connectivity index (χ0) is 25.9. The van der Waals surface area contributed by atoms with Crippen molar-refractivity contribution in [3.8, 4) is 17.3 Å². The number of aryl methyl sites for hydroxylation is 2. The molecule has 6 nitrogen and oxygen atoms in total. The summed E-state index contributed by atoms with van der Waals surface area (Å²) in [5.74, 6) is -0.200. The van der Waals surface area contributed by atoms with E-state index in [9.17, 15) is 4.79 Å². The van der Waals surface area contributed by atoms with Gasteiger partial charge in [-0.2, -0.15) is 10.4 Å². The van der Waals surface area contributed by atoms with Gasteiger partial charge in [-0.15, -0.1) is 0 Å². The number of hydrogen-bond acceptors (Lipinski definition) is 4. The largest absolute Gasteiger partial charge is 0.319 e. The number of nitriles is 1. The third-order valence-electron chi connectivity index (χ3n) is 6.65. The average molecular weight is 486 g/mol. The minimum Gasteiger partial charge on any atom is -0.319 e. The SMILES string of the molecule is CCc1ccc(-c2cc(C(=O)Nc3c(C)nn(Cc4ccc(C#N)cc4)c3C)c3ccccc3n2)cc1. The Morgan fingerprint density at radius 1 is 0.973 bits per heavy atom. The first-order valence-corrected chi connectivity index (χ1v) is 12.3. The molecule has 0 atom stereocenters. The lowest BCUT2D eigenvalue weighted by atomic mass is 10.0. The van der Waals surface area contributed by atoms with Gasteiger partial charge < -0.3 is 5.32 Å². The molecule has 5 aromatic rings.